The van der Waals surface area contributed by atoms with E-state index >= 15 is 0 Å². The summed E-state index contributed by atoms with van der Waals surface area (Å²) >= 11 is 0. The first-order valence-electron chi connectivity index (χ1n) is 7.67. The van der Waals surface area contributed by atoms with E-state index in [0.717, 1.165) is 29.3 Å². The van der Waals surface area contributed by atoms with Crippen LogP contribution in [0.5, 0.6) is 0 Å². The first-order valence-corrected chi connectivity index (χ1v) is 7.67. The maximum Gasteiger partial charge on any atom is 0.168 e. The summed E-state index contributed by atoms with van der Waals surface area (Å²) in [4.78, 5) is 16.9. The third-order valence-electron chi connectivity index (χ3n) is 4.71. The predicted molar refractivity (Wildman–Crippen MR) is 83.0 cm³/mol. The number of para-hydroxylation sites is 1. The molecule has 1 aliphatic rings. The molecular weight excluding hydrogens is 262 g/mol. The van der Waals surface area contributed by atoms with Crippen LogP contribution in [0.2, 0.25) is 0 Å². The second-order valence-electron chi connectivity index (χ2n) is 6.30. The molecule has 0 amide bonds. The lowest BCUT2D eigenvalue weighted by Crippen LogP contribution is -2.42. The molecule has 110 valence electrons. The summed E-state index contributed by atoms with van der Waals surface area (Å²) in [7, 11) is 0. The van der Waals surface area contributed by atoms with E-state index in [9.17, 15) is 9.90 Å². The van der Waals surface area contributed by atoms with Crippen molar-refractivity contribution >= 4 is 16.7 Å². The van der Waals surface area contributed by atoms with Crippen LogP contribution in [0.25, 0.3) is 10.9 Å². The van der Waals surface area contributed by atoms with Gasteiger partial charge in [0, 0.05) is 18.0 Å². The Balaban J connectivity index is 1.83. The Bertz CT molecular complexity index is 652. The molecule has 3 rings (SSSR count). The molecule has 3 heteroatoms. The van der Waals surface area contributed by atoms with E-state index < -0.39 is 5.60 Å². The number of hydrogen-bond donors (Lipinski definition) is 1. The fraction of sp³-hybridized carbons (Fsp3) is 0.444. The lowest BCUT2D eigenvalue weighted by Gasteiger charge is -2.33. The average Bonchev–Trinajstić information content (AvgIpc) is 2.51. The van der Waals surface area contributed by atoms with Crippen molar-refractivity contribution in [1.29, 1.82) is 0 Å². The number of carbonyl (C=O) groups is 1. The van der Waals surface area contributed by atoms with Gasteiger partial charge >= 0.3 is 0 Å². The maximum absolute atomic E-state index is 12.6. The monoisotopic (exact) mass is 283 g/mol. The molecule has 3 nitrogen and oxygen atoms in total. The van der Waals surface area contributed by atoms with Crippen LogP contribution in [0.15, 0.2) is 36.5 Å². The first-order chi connectivity index (χ1) is 10.1. The van der Waals surface area contributed by atoms with Gasteiger partial charge in [-0.25, -0.2) is 0 Å². The van der Waals surface area contributed by atoms with Gasteiger partial charge in [-0.1, -0.05) is 25.1 Å². The highest BCUT2D eigenvalue weighted by Gasteiger charge is 2.38. The van der Waals surface area contributed by atoms with Crippen molar-refractivity contribution in [3.63, 3.8) is 0 Å². The van der Waals surface area contributed by atoms with Gasteiger partial charge in [0.25, 0.3) is 0 Å². The van der Waals surface area contributed by atoms with Crippen molar-refractivity contribution in [2.24, 2.45) is 5.92 Å². The minimum atomic E-state index is -1.13. The van der Waals surface area contributed by atoms with Crippen LogP contribution in [0.4, 0.5) is 0 Å². The first kappa shape index (κ1) is 14.2. The number of pyridine rings is 1. The Morgan fingerprint density at radius 1 is 1.29 bits per heavy atom. The van der Waals surface area contributed by atoms with Crippen LogP contribution in [0.1, 0.15) is 38.2 Å². The summed E-state index contributed by atoms with van der Waals surface area (Å²) in [6.45, 7) is 2.18. The molecule has 1 fully saturated rings. The SMILES string of the molecule is CC1CCC(O)(C(=O)Cc2ccnc3ccccc23)CC1. The summed E-state index contributed by atoms with van der Waals surface area (Å²) in [5.41, 5.74) is 0.723. The summed E-state index contributed by atoms with van der Waals surface area (Å²) in [6.07, 6.45) is 5.07. The Morgan fingerprint density at radius 3 is 2.76 bits per heavy atom. The summed E-state index contributed by atoms with van der Waals surface area (Å²) < 4.78 is 0. The number of rotatable bonds is 3. The van der Waals surface area contributed by atoms with Gasteiger partial charge in [-0.2, -0.15) is 0 Å². The van der Waals surface area contributed by atoms with E-state index in [1.54, 1.807) is 6.20 Å². The summed E-state index contributed by atoms with van der Waals surface area (Å²) in [5.74, 6) is 0.561. The zero-order valence-corrected chi connectivity index (χ0v) is 12.4. The molecule has 0 unspecified atom stereocenters. The van der Waals surface area contributed by atoms with Gasteiger partial charge in [-0.15, -0.1) is 0 Å². The fourth-order valence-corrected chi connectivity index (χ4v) is 3.17. The van der Waals surface area contributed by atoms with Gasteiger partial charge in [-0.05, 0) is 49.3 Å². The van der Waals surface area contributed by atoms with E-state index in [1.807, 2.05) is 30.3 Å². The summed E-state index contributed by atoms with van der Waals surface area (Å²) in [5, 5.41) is 11.6. The highest BCUT2D eigenvalue weighted by molar-refractivity contribution is 5.93. The van der Waals surface area contributed by atoms with Gasteiger partial charge in [0.2, 0.25) is 0 Å². The third kappa shape index (κ3) is 2.84. The predicted octanol–water partition coefficient (Wildman–Crippen LogP) is 3.29. The van der Waals surface area contributed by atoms with Gasteiger partial charge in [0.15, 0.2) is 5.78 Å². The molecular formula is C18H21NO2. The Morgan fingerprint density at radius 2 is 2.00 bits per heavy atom. The Kier molecular flexibility index (Phi) is 3.77. The molecule has 0 aliphatic heterocycles. The van der Waals surface area contributed by atoms with Crippen molar-refractivity contribution in [3.05, 3.63) is 42.1 Å². The normalized spacial score (nSPS) is 25.9. The van der Waals surface area contributed by atoms with Crippen LogP contribution >= 0.6 is 0 Å². The molecule has 1 aromatic heterocycles. The number of ketones is 1. The number of nitrogens with zero attached hydrogens (tertiary/aromatic N) is 1. The van der Waals surface area contributed by atoms with E-state index in [-0.39, 0.29) is 12.2 Å². The standard InChI is InChI=1S/C18H21NO2/c1-13-6-9-18(21,10-7-13)17(20)12-14-8-11-19-16-5-3-2-4-15(14)16/h2-5,8,11,13,21H,6-7,9-10,12H2,1H3. The molecule has 1 N–H and O–H groups in total. The number of Topliss-reactive ketones (excluding diaryl/α,β-unsaturated/α-hetero) is 1. The van der Waals surface area contributed by atoms with Crippen molar-refractivity contribution in [1.82, 2.24) is 4.98 Å². The van der Waals surface area contributed by atoms with Crippen molar-refractivity contribution < 1.29 is 9.90 Å². The molecule has 21 heavy (non-hydrogen) atoms. The van der Waals surface area contributed by atoms with Crippen molar-refractivity contribution in [2.45, 2.75) is 44.6 Å². The molecule has 0 bridgehead atoms. The minimum Gasteiger partial charge on any atom is -0.382 e. The summed E-state index contributed by atoms with van der Waals surface area (Å²) in [6, 6.07) is 9.71. The van der Waals surface area contributed by atoms with E-state index in [0.29, 0.717) is 18.8 Å². The highest BCUT2D eigenvalue weighted by Crippen LogP contribution is 2.33. The van der Waals surface area contributed by atoms with Crippen LogP contribution < -0.4 is 0 Å². The molecule has 1 saturated carbocycles. The Hall–Kier alpha value is -1.74. The van der Waals surface area contributed by atoms with E-state index in [4.69, 9.17) is 0 Å². The zero-order valence-electron chi connectivity index (χ0n) is 12.4. The number of fused-ring (bicyclic) bond motifs is 1. The molecule has 0 radical (unpaired) electrons. The highest BCUT2D eigenvalue weighted by atomic mass is 16.3. The number of hydrogen-bond acceptors (Lipinski definition) is 3. The zero-order chi connectivity index (χ0) is 14.9. The lowest BCUT2D eigenvalue weighted by molar-refractivity contribution is -0.140. The van der Waals surface area contributed by atoms with Crippen LogP contribution in [0.3, 0.4) is 0 Å². The Labute approximate surface area is 125 Å². The van der Waals surface area contributed by atoms with Gasteiger partial charge in [0.1, 0.15) is 5.60 Å². The van der Waals surface area contributed by atoms with Gasteiger partial charge < -0.3 is 5.11 Å². The molecule has 0 saturated heterocycles. The van der Waals surface area contributed by atoms with Crippen LogP contribution in [-0.2, 0) is 11.2 Å². The van der Waals surface area contributed by atoms with Crippen LogP contribution in [-0.4, -0.2) is 21.5 Å². The molecule has 1 heterocycles. The quantitative estimate of drug-likeness (QED) is 0.940. The number of carbonyl (C=O) groups excluding carboxylic acids is 1. The lowest BCUT2D eigenvalue weighted by atomic mass is 9.76. The molecule has 0 atom stereocenters. The number of benzene rings is 1. The van der Waals surface area contributed by atoms with Gasteiger partial charge in [0.05, 0.1) is 5.52 Å². The minimum absolute atomic E-state index is 0.0502. The smallest absolute Gasteiger partial charge is 0.168 e. The van der Waals surface area contributed by atoms with Crippen LogP contribution in [0, 0.1) is 5.92 Å². The third-order valence-corrected chi connectivity index (χ3v) is 4.71. The van der Waals surface area contributed by atoms with E-state index in [2.05, 4.69) is 11.9 Å². The molecule has 1 aliphatic carbocycles. The van der Waals surface area contributed by atoms with Crippen molar-refractivity contribution in [3.8, 4) is 0 Å². The maximum atomic E-state index is 12.6. The topological polar surface area (TPSA) is 50.2 Å². The van der Waals surface area contributed by atoms with E-state index in [1.165, 1.54) is 0 Å². The fourth-order valence-electron chi connectivity index (χ4n) is 3.17. The average molecular weight is 283 g/mol. The largest absolute Gasteiger partial charge is 0.382 e. The van der Waals surface area contributed by atoms with Gasteiger partial charge in [-0.3, -0.25) is 9.78 Å². The molecule has 1 aromatic carbocycles. The number of aliphatic hydroxyl groups is 1. The number of aromatic nitrogens is 1. The second-order valence-corrected chi connectivity index (χ2v) is 6.30. The van der Waals surface area contributed by atoms with Crippen molar-refractivity contribution in [2.75, 3.05) is 0 Å². The molecule has 2 aromatic rings. The molecule has 0 spiro atoms. The second kappa shape index (κ2) is 5.57.